The van der Waals surface area contributed by atoms with Crippen molar-refractivity contribution in [2.45, 2.75) is 44.9 Å². The largest absolute Gasteiger partial charge is 0.493 e. The lowest BCUT2D eigenvalue weighted by Gasteiger charge is -2.37. The fourth-order valence-corrected chi connectivity index (χ4v) is 5.37. The number of hydrogen-bond donors (Lipinski definition) is 1. The Morgan fingerprint density at radius 2 is 2.11 bits per heavy atom. The van der Waals surface area contributed by atoms with Gasteiger partial charge in [0.05, 0.1) is 24.6 Å². The van der Waals surface area contributed by atoms with Crippen molar-refractivity contribution in [3.8, 4) is 5.75 Å². The highest BCUT2D eigenvalue weighted by molar-refractivity contribution is 5.79. The number of imidazole rings is 1. The molecule has 3 atom stereocenters. The van der Waals surface area contributed by atoms with Crippen LogP contribution in [-0.4, -0.2) is 70.6 Å². The van der Waals surface area contributed by atoms with E-state index in [-0.39, 0.29) is 30.1 Å². The Labute approximate surface area is 210 Å². The van der Waals surface area contributed by atoms with E-state index >= 15 is 0 Å². The molecule has 0 bridgehead atoms. The molecule has 1 aromatic carbocycles. The summed E-state index contributed by atoms with van der Waals surface area (Å²) in [6.07, 6.45) is 2.10. The van der Waals surface area contributed by atoms with Crippen molar-refractivity contribution < 1.29 is 22.7 Å². The van der Waals surface area contributed by atoms with Crippen LogP contribution < -0.4 is 10.1 Å². The van der Waals surface area contributed by atoms with E-state index in [9.17, 15) is 18.0 Å². The molecule has 3 heterocycles. The molecule has 2 aromatic rings. The normalized spacial score (nSPS) is 23.6. The number of halogens is 3. The molecule has 0 radical (unpaired) electrons. The summed E-state index contributed by atoms with van der Waals surface area (Å²) in [7, 11) is 1.94. The lowest BCUT2D eigenvalue weighted by molar-refractivity contribution is -0.137. The number of alkyl halides is 3. The van der Waals surface area contributed by atoms with Gasteiger partial charge in [-0.3, -0.25) is 14.6 Å². The van der Waals surface area contributed by atoms with Gasteiger partial charge in [-0.1, -0.05) is 13.0 Å². The first kappa shape index (κ1) is 26.5. The monoisotopic (exact) mass is 507 g/mol. The molecule has 1 amide bonds. The molecule has 0 spiro atoms. The minimum Gasteiger partial charge on any atom is -0.493 e. The molecule has 198 valence electrons. The van der Waals surface area contributed by atoms with Gasteiger partial charge in [-0.25, -0.2) is 4.98 Å². The molecule has 0 aliphatic carbocycles. The number of aryl methyl sites for hydroxylation is 1. The summed E-state index contributed by atoms with van der Waals surface area (Å²) in [5.74, 6) is 0.909. The summed E-state index contributed by atoms with van der Waals surface area (Å²) >= 11 is 0. The highest BCUT2D eigenvalue weighted by Crippen LogP contribution is 2.32. The second kappa shape index (κ2) is 11.6. The molecule has 7 nitrogen and oxygen atoms in total. The van der Waals surface area contributed by atoms with Gasteiger partial charge in [-0.2, -0.15) is 13.2 Å². The molecule has 2 aliphatic heterocycles. The number of rotatable bonds is 9. The average Bonchev–Trinajstić information content (AvgIpc) is 3.49. The molecule has 4 rings (SSSR count). The zero-order chi connectivity index (χ0) is 25.7. The van der Waals surface area contributed by atoms with Gasteiger partial charge < -0.3 is 14.6 Å². The minimum atomic E-state index is -4.42. The molecule has 2 saturated heterocycles. The fraction of sp³-hybridized carbons (Fsp3) is 0.615. The number of nitrogens with zero attached hydrogens (tertiary/aromatic N) is 4. The second-order valence-corrected chi connectivity index (χ2v) is 9.95. The van der Waals surface area contributed by atoms with Crippen LogP contribution in [0, 0.1) is 11.8 Å². The highest BCUT2D eigenvalue weighted by atomic mass is 19.4. The van der Waals surface area contributed by atoms with E-state index in [0.29, 0.717) is 38.6 Å². The third kappa shape index (κ3) is 6.79. The fourth-order valence-electron chi connectivity index (χ4n) is 5.37. The minimum absolute atomic E-state index is 0.00271. The number of carbonyl (C=O) groups is 1. The maximum atomic E-state index is 13.2. The summed E-state index contributed by atoms with van der Waals surface area (Å²) in [5, 5.41) is 3.17. The van der Waals surface area contributed by atoms with Gasteiger partial charge in [0.25, 0.3) is 0 Å². The predicted octanol–water partition coefficient (Wildman–Crippen LogP) is 3.56. The number of hydrogen-bond acceptors (Lipinski definition) is 5. The number of likely N-dealkylation sites (tertiary alicyclic amines) is 2. The Morgan fingerprint density at radius 3 is 2.83 bits per heavy atom. The molecular formula is C26H36F3N5O2. The Kier molecular flexibility index (Phi) is 8.56. The average molecular weight is 508 g/mol. The first-order chi connectivity index (χ1) is 17.2. The van der Waals surface area contributed by atoms with Crippen molar-refractivity contribution in [1.82, 2.24) is 24.7 Å². The van der Waals surface area contributed by atoms with Gasteiger partial charge in [-0.05, 0) is 50.6 Å². The maximum absolute atomic E-state index is 13.2. The molecule has 1 aromatic heterocycles. The number of ether oxygens (including phenoxy) is 1. The van der Waals surface area contributed by atoms with E-state index in [2.05, 4.69) is 27.0 Å². The van der Waals surface area contributed by atoms with Crippen LogP contribution in [0.4, 0.5) is 13.2 Å². The van der Waals surface area contributed by atoms with E-state index < -0.39 is 11.7 Å². The number of piperidine rings is 1. The topological polar surface area (TPSA) is 62.6 Å². The SMILES string of the molecule is CCN1CCCC1CNC(=O)[C@@H]1C[C@H](COc2cccc(C(F)(F)F)c2)CN(Cc2nccn2C)C1. The lowest BCUT2D eigenvalue weighted by Crippen LogP contribution is -2.49. The molecule has 1 unspecified atom stereocenters. The Bertz CT molecular complexity index is 1010. The Hall–Kier alpha value is -2.59. The van der Waals surface area contributed by atoms with Gasteiger partial charge in [-0.15, -0.1) is 0 Å². The molecule has 0 saturated carbocycles. The van der Waals surface area contributed by atoms with E-state index in [1.54, 1.807) is 6.20 Å². The lowest BCUT2D eigenvalue weighted by atomic mass is 9.88. The van der Waals surface area contributed by atoms with Gasteiger partial charge in [0.1, 0.15) is 11.6 Å². The third-order valence-corrected chi connectivity index (χ3v) is 7.33. The molecule has 2 fully saturated rings. The molecule has 10 heteroatoms. The number of nitrogens with one attached hydrogen (secondary N) is 1. The van der Waals surface area contributed by atoms with Crippen molar-refractivity contribution in [1.29, 1.82) is 0 Å². The van der Waals surface area contributed by atoms with Crippen LogP contribution in [0.25, 0.3) is 0 Å². The summed E-state index contributed by atoms with van der Waals surface area (Å²) in [6.45, 7) is 6.99. The molecule has 2 aliphatic rings. The van der Waals surface area contributed by atoms with Gasteiger partial charge in [0.15, 0.2) is 0 Å². The standard InChI is InChI=1S/C26H36F3N5O2/c1-3-34-10-5-7-22(34)14-31-25(35)20-12-19(15-33(16-20)17-24-30-9-11-32(24)2)18-36-23-8-4-6-21(13-23)26(27,28)29/h4,6,8-9,11,13,19-20,22H,3,5,7,10,12,14-18H2,1-2H3,(H,31,35)/t19-,20+,22?/m0/s1. The van der Waals surface area contributed by atoms with E-state index in [0.717, 1.165) is 43.9 Å². The first-order valence-electron chi connectivity index (χ1n) is 12.7. The van der Waals surface area contributed by atoms with Crippen LogP contribution in [-0.2, 0) is 24.6 Å². The number of benzene rings is 1. The van der Waals surface area contributed by atoms with Crippen molar-refractivity contribution >= 4 is 5.91 Å². The van der Waals surface area contributed by atoms with Gasteiger partial charge >= 0.3 is 6.18 Å². The van der Waals surface area contributed by atoms with Crippen LogP contribution in [0.1, 0.15) is 37.6 Å². The zero-order valence-corrected chi connectivity index (χ0v) is 21.0. The predicted molar refractivity (Wildman–Crippen MR) is 130 cm³/mol. The number of amides is 1. The number of likely N-dealkylation sites (N-methyl/N-ethyl adjacent to an activating group) is 1. The summed E-state index contributed by atoms with van der Waals surface area (Å²) in [5.41, 5.74) is -0.731. The smallest absolute Gasteiger partial charge is 0.416 e. The second-order valence-electron chi connectivity index (χ2n) is 9.95. The van der Waals surface area contributed by atoms with Crippen LogP contribution >= 0.6 is 0 Å². The van der Waals surface area contributed by atoms with Gasteiger partial charge in [0, 0.05) is 51.0 Å². The van der Waals surface area contributed by atoms with E-state index in [4.69, 9.17) is 4.74 Å². The molecule has 1 N–H and O–H groups in total. The zero-order valence-electron chi connectivity index (χ0n) is 21.0. The van der Waals surface area contributed by atoms with Crippen LogP contribution in [0.3, 0.4) is 0 Å². The van der Waals surface area contributed by atoms with Crippen molar-refractivity contribution in [3.63, 3.8) is 0 Å². The Morgan fingerprint density at radius 1 is 1.28 bits per heavy atom. The van der Waals surface area contributed by atoms with E-state index in [1.807, 2.05) is 17.8 Å². The van der Waals surface area contributed by atoms with Crippen molar-refractivity contribution in [2.24, 2.45) is 18.9 Å². The number of aromatic nitrogens is 2. The summed E-state index contributed by atoms with van der Waals surface area (Å²) in [4.78, 5) is 22.2. The maximum Gasteiger partial charge on any atom is 0.416 e. The Balaban J connectivity index is 1.40. The highest BCUT2D eigenvalue weighted by Gasteiger charge is 2.34. The first-order valence-corrected chi connectivity index (χ1v) is 12.7. The van der Waals surface area contributed by atoms with E-state index in [1.165, 1.54) is 12.1 Å². The van der Waals surface area contributed by atoms with Crippen LogP contribution in [0.15, 0.2) is 36.7 Å². The van der Waals surface area contributed by atoms with Crippen molar-refractivity contribution in [2.75, 3.05) is 39.3 Å². The van der Waals surface area contributed by atoms with Crippen LogP contribution in [0.5, 0.6) is 5.75 Å². The summed E-state index contributed by atoms with van der Waals surface area (Å²) < 4.78 is 47.0. The van der Waals surface area contributed by atoms with Crippen LogP contribution in [0.2, 0.25) is 0 Å². The quantitative estimate of drug-likeness (QED) is 0.563. The van der Waals surface area contributed by atoms with Crippen molar-refractivity contribution in [3.05, 3.63) is 48.0 Å². The number of carbonyl (C=O) groups excluding carboxylic acids is 1. The molecule has 36 heavy (non-hydrogen) atoms. The third-order valence-electron chi connectivity index (χ3n) is 7.33. The van der Waals surface area contributed by atoms with Gasteiger partial charge in [0.2, 0.25) is 5.91 Å². The summed E-state index contributed by atoms with van der Waals surface area (Å²) in [6, 6.07) is 5.33. The molecular weight excluding hydrogens is 471 g/mol.